The molecule has 0 atom stereocenters. The minimum atomic E-state index is -0.540. The number of carbonyl (C=O) groups is 1. The van der Waals surface area contributed by atoms with E-state index in [1.54, 1.807) is 35.2 Å². The Morgan fingerprint density at radius 1 is 1.00 bits per heavy atom. The zero-order chi connectivity index (χ0) is 22.8. The minimum Gasteiger partial charge on any atom is -0.485 e. The number of ether oxygens (including phenoxy) is 2. The van der Waals surface area contributed by atoms with Gasteiger partial charge in [-0.05, 0) is 35.9 Å². The fourth-order valence-electron chi connectivity index (χ4n) is 3.49. The van der Waals surface area contributed by atoms with E-state index in [2.05, 4.69) is 10.1 Å². The zero-order valence-corrected chi connectivity index (χ0v) is 17.9. The maximum Gasteiger partial charge on any atom is 0.248 e. The van der Waals surface area contributed by atoms with Gasteiger partial charge in [0.05, 0.1) is 18.2 Å². The number of rotatable bonds is 7. The monoisotopic (exact) mass is 439 g/mol. The van der Waals surface area contributed by atoms with E-state index in [1.807, 2.05) is 66.5 Å². The predicted molar refractivity (Wildman–Crippen MR) is 123 cm³/mol. The van der Waals surface area contributed by atoms with E-state index in [9.17, 15) is 4.79 Å². The molecule has 0 aliphatic heterocycles. The first-order valence-electron chi connectivity index (χ1n) is 10.3. The second-order valence-electron chi connectivity index (χ2n) is 7.58. The number of hydrogen-bond acceptors (Lipinski definition) is 5. The van der Waals surface area contributed by atoms with Gasteiger partial charge in [0.1, 0.15) is 12.1 Å². The van der Waals surface area contributed by atoms with Gasteiger partial charge in [0.15, 0.2) is 17.2 Å². The third kappa shape index (κ3) is 4.27. The molecule has 1 amide bonds. The Balaban J connectivity index is 1.53. The second kappa shape index (κ2) is 8.51. The average molecular weight is 439 g/mol. The molecule has 0 saturated carbocycles. The van der Waals surface area contributed by atoms with Crippen molar-refractivity contribution in [3.63, 3.8) is 0 Å². The number of imidazole rings is 1. The number of nitrogens with zero attached hydrogens (tertiary/aromatic N) is 4. The van der Waals surface area contributed by atoms with Gasteiger partial charge in [-0.25, -0.2) is 9.50 Å². The van der Waals surface area contributed by atoms with Crippen LogP contribution in [0.2, 0.25) is 0 Å². The lowest BCUT2D eigenvalue weighted by molar-refractivity contribution is 0.0999. The van der Waals surface area contributed by atoms with Gasteiger partial charge in [0, 0.05) is 30.6 Å². The van der Waals surface area contributed by atoms with Crippen LogP contribution in [0.4, 0.5) is 0 Å². The lowest BCUT2D eigenvalue weighted by Gasteiger charge is -2.15. The Labute approximate surface area is 189 Å². The molecule has 3 heterocycles. The lowest BCUT2D eigenvalue weighted by Crippen LogP contribution is -2.11. The van der Waals surface area contributed by atoms with E-state index in [-0.39, 0.29) is 0 Å². The topological polar surface area (TPSA) is 96.7 Å². The van der Waals surface area contributed by atoms with Gasteiger partial charge in [0.25, 0.3) is 0 Å². The molecule has 0 aliphatic rings. The van der Waals surface area contributed by atoms with Gasteiger partial charge in [-0.3, -0.25) is 4.79 Å². The van der Waals surface area contributed by atoms with Crippen molar-refractivity contribution >= 4 is 11.4 Å². The number of benzene rings is 2. The summed E-state index contributed by atoms with van der Waals surface area (Å²) in [6.45, 7) is 0.315. The number of primary amides is 1. The smallest absolute Gasteiger partial charge is 0.248 e. The third-order valence-electron chi connectivity index (χ3n) is 5.16. The number of aromatic nitrogens is 4. The van der Waals surface area contributed by atoms with E-state index in [0.717, 1.165) is 22.3 Å². The van der Waals surface area contributed by atoms with Gasteiger partial charge in [0.2, 0.25) is 5.91 Å². The molecule has 2 N–H and O–H groups in total. The molecule has 8 nitrogen and oxygen atoms in total. The number of hydrogen-bond donors (Lipinski definition) is 1. The Kier molecular flexibility index (Phi) is 5.24. The minimum absolute atomic E-state index is 0.315. The first-order valence-corrected chi connectivity index (χ1v) is 10.3. The molecular formula is C25H21N5O3. The van der Waals surface area contributed by atoms with Crippen molar-refractivity contribution in [3.05, 3.63) is 96.7 Å². The highest BCUT2D eigenvalue weighted by Gasteiger charge is 2.15. The van der Waals surface area contributed by atoms with Crippen molar-refractivity contribution in [2.24, 2.45) is 12.8 Å². The summed E-state index contributed by atoms with van der Waals surface area (Å²) in [7, 11) is 1.91. The van der Waals surface area contributed by atoms with Crippen molar-refractivity contribution in [2.45, 2.75) is 6.61 Å². The first kappa shape index (κ1) is 20.3. The van der Waals surface area contributed by atoms with Crippen LogP contribution in [0.5, 0.6) is 17.2 Å². The largest absolute Gasteiger partial charge is 0.485 e. The highest BCUT2D eigenvalue weighted by Crippen LogP contribution is 2.36. The maximum absolute atomic E-state index is 11.7. The Morgan fingerprint density at radius 2 is 1.85 bits per heavy atom. The molecule has 5 aromatic rings. The number of fused-ring (bicyclic) bond motifs is 1. The van der Waals surface area contributed by atoms with Gasteiger partial charge in [-0.1, -0.05) is 30.3 Å². The highest BCUT2D eigenvalue weighted by atomic mass is 16.5. The first-order chi connectivity index (χ1) is 16.1. The molecule has 0 unspecified atom stereocenters. The van der Waals surface area contributed by atoms with Crippen molar-refractivity contribution in [3.8, 4) is 28.5 Å². The van der Waals surface area contributed by atoms with Crippen molar-refractivity contribution in [1.82, 2.24) is 19.2 Å². The van der Waals surface area contributed by atoms with Crippen LogP contribution in [-0.2, 0) is 13.7 Å². The van der Waals surface area contributed by atoms with E-state index >= 15 is 0 Å². The molecule has 5 rings (SSSR count). The summed E-state index contributed by atoms with van der Waals surface area (Å²) >= 11 is 0. The number of aryl methyl sites for hydroxylation is 1. The maximum atomic E-state index is 11.7. The summed E-state index contributed by atoms with van der Waals surface area (Å²) in [5.41, 5.74) is 9.23. The standard InChI is InChI=1S/C25H21N5O3/c1-29-14-20(27-16-29)19-12-23(21-9-10-28-30(21)13-19)33-22-8-7-18(25(26)31)11-24(22)32-15-17-5-3-2-4-6-17/h2-14,16H,15H2,1H3,(H2,26,31). The van der Waals surface area contributed by atoms with Crippen LogP contribution in [0.1, 0.15) is 15.9 Å². The fourth-order valence-corrected chi connectivity index (χ4v) is 3.49. The van der Waals surface area contributed by atoms with Crippen LogP contribution in [0.3, 0.4) is 0 Å². The van der Waals surface area contributed by atoms with Gasteiger partial charge in [-0.2, -0.15) is 5.10 Å². The SMILES string of the molecule is Cn1cnc(-c2cc(Oc3ccc(C(N)=O)cc3OCc3ccccc3)c3ccnn3c2)c1. The Hall–Kier alpha value is -4.59. The number of carbonyl (C=O) groups excluding carboxylic acids is 1. The van der Waals surface area contributed by atoms with Crippen LogP contribution in [-0.4, -0.2) is 25.1 Å². The van der Waals surface area contributed by atoms with Crippen LogP contribution in [0.15, 0.2) is 85.6 Å². The Bertz CT molecular complexity index is 1440. The molecule has 33 heavy (non-hydrogen) atoms. The average Bonchev–Trinajstić information content (AvgIpc) is 3.48. The summed E-state index contributed by atoms with van der Waals surface area (Å²) in [4.78, 5) is 16.2. The zero-order valence-electron chi connectivity index (χ0n) is 17.9. The summed E-state index contributed by atoms with van der Waals surface area (Å²) in [6, 6.07) is 18.4. The van der Waals surface area contributed by atoms with E-state index in [4.69, 9.17) is 15.2 Å². The summed E-state index contributed by atoms with van der Waals surface area (Å²) < 4.78 is 15.9. The third-order valence-corrected chi connectivity index (χ3v) is 5.16. The van der Waals surface area contributed by atoms with Crippen LogP contribution in [0.25, 0.3) is 16.8 Å². The number of pyridine rings is 1. The molecule has 3 aromatic heterocycles. The number of amides is 1. The quantitative estimate of drug-likeness (QED) is 0.410. The molecule has 2 aromatic carbocycles. The molecule has 8 heteroatoms. The summed E-state index contributed by atoms with van der Waals surface area (Å²) in [6.07, 6.45) is 7.26. The lowest BCUT2D eigenvalue weighted by atomic mass is 10.2. The highest BCUT2D eigenvalue weighted by molar-refractivity contribution is 5.93. The summed E-state index contributed by atoms with van der Waals surface area (Å²) in [5, 5.41) is 4.36. The molecule has 0 radical (unpaired) electrons. The van der Waals surface area contributed by atoms with E-state index < -0.39 is 5.91 Å². The van der Waals surface area contributed by atoms with Crippen LogP contribution in [0, 0.1) is 0 Å². The predicted octanol–water partition coefficient (Wildman–Crippen LogP) is 4.21. The van der Waals surface area contributed by atoms with Crippen molar-refractivity contribution in [1.29, 1.82) is 0 Å². The van der Waals surface area contributed by atoms with Crippen LogP contribution >= 0.6 is 0 Å². The van der Waals surface area contributed by atoms with Gasteiger partial charge in [-0.15, -0.1) is 0 Å². The molecule has 0 saturated heterocycles. The van der Waals surface area contributed by atoms with E-state index in [0.29, 0.717) is 29.4 Å². The van der Waals surface area contributed by atoms with Crippen LogP contribution < -0.4 is 15.2 Å². The summed E-state index contributed by atoms with van der Waals surface area (Å²) in [5.74, 6) is 0.904. The van der Waals surface area contributed by atoms with E-state index in [1.165, 1.54) is 0 Å². The molecular weight excluding hydrogens is 418 g/mol. The molecule has 0 fully saturated rings. The number of nitrogens with two attached hydrogens (primary N) is 1. The fraction of sp³-hybridized carbons (Fsp3) is 0.0800. The van der Waals surface area contributed by atoms with Crippen molar-refractivity contribution in [2.75, 3.05) is 0 Å². The molecule has 164 valence electrons. The molecule has 0 bridgehead atoms. The molecule has 0 spiro atoms. The second-order valence-corrected chi connectivity index (χ2v) is 7.58. The van der Waals surface area contributed by atoms with Gasteiger partial charge < -0.3 is 19.8 Å². The normalized spacial score (nSPS) is 10.9. The van der Waals surface area contributed by atoms with Gasteiger partial charge >= 0.3 is 0 Å². The Morgan fingerprint density at radius 3 is 2.61 bits per heavy atom. The molecule has 0 aliphatic carbocycles. The van der Waals surface area contributed by atoms with Crippen molar-refractivity contribution < 1.29 is 14.3 Å².